The monoisotopic (exact) mass is 294 g/mol. The minimum absolute atomic E-state index is 0.0795. The number of halogens is 1. The molecule has 0 saturated carbocycles. The SMILES string of the molecule is CCCNc1nccc(C(=O)N2CCN(C)CC2C)c1F. The summed E-state index contributed by atoms with van der Waals surface area (Å²) in [4.78, 5) is 20.5. The van der Waals surface area contributed by atoms with E-state index in [-0.39, 0.29) is 23.3 Å². The number of pyridine rings is 1. The number of hydrogen-bond donors (Lipinski definition) is 1. The molecule has 1 aromatic rings. The number of rotatable bonds is 4. The van der Waals surface area contributed by atoms with Crippen LogP contribution in [0.2, 0.25) is 0 Å². The van der Waals surface area contributed by atoms with Crippen molar-refractivity contribution in [2.75, 3.05) is 38.5 Å². The van der Waals surface area contributed by atoms with Crippen LogP contribution in [0.15, 0.2) is 12.3 Å². The van der Waals surface area contributed by atoms with Crippen LogP contribution in [0.4, 0.5) is 10.2 Å². The van der Waals surface area contributed by atoms with E-state index < -0.39 is 5.82 Å². The lowest BCUT2D eigenvalue weighted by molar-refractivity contribution is 0.0529. The summed E-state index contributed by atoms with van der Waals surface area (Å²) in [5.74, 6) is -0.651. The van der Waals surface area contributed by atoms with Crippen LogP contribution in [-0.4, -0.2) is 60.0 Å². The van der Waals surface area contributed by atoms with Crippen LogP contribution in [0.25, 0.3) is 0 Å². The smallest absolute Gasteiger partial charge is 0.257 e. The fourth-order valence-corrected chi connectivity index (χ4v) is 2.57. The van der Waals surface area contributed by atoms with Crippen molar-refractivity contribution in [1.29, 1.82) is 0 Å². The lowest BCUT2D eigenvalue weighted by Gasteiger charge is -2.38. The van der Waals surface area contributed by atoms with Gasteiger partial charge in [-0.3, -0.25) is 4.79 Å². The average molecular weight is 294 g/mol. The number of piperazine rings is 1. The molecule has 21 heavy (non-hydrogen) atoms. The average Bonchev–Trinajstić information content (AvgIpc) is 2.45. The van der Waals surface area contributed by atoms with Crippen LogP contribution in [0, 0.1) is 5.82 Å². The van der Waals surface area contributed by atoms with Crippen molar-refractivity contribution < 1.29 is 9.18 Å². The Balaban J connectivity index is 2.19. The first kappa shape index (κ1) is 15.7. The second kappa shape index (κ2) is 6.85. The third kappa shape index (κ3) is 3.50. The van der Waals surface area contributed by atoms with E-state index in [4.69, 9.17) is 0 Å². The summed E-state index contributed by atoms with van der Waals surface area (Å²) in [6, 6.07) is 1.54. The third-order valence-corrected chi connectivity index (χ3v) is 3.75. The van der Waals surface area contributed by atoms with E-state index in [0.29, 0.717) is 13.1 Å². The number of carbonyl (C=O) groups excluding carboxylic acids is 1. The Kier molecular flexibility index (Phi) is 5.12. The van der Waals surface area contributed by atoms with Crippen molar-refractivity contribution in [3.8, 4) is 0 Å². The number of likely N-dealkylation sites (N-methyl/N-ethyl adjacent to an activating group) is 1. The highest BCUT2D eigenvalue weighted by Gasteiger charge is 2.28. The van der Waals surface area contributed by atoms with Gasteiger partial charge in [0.1, 0.15) is 0 Å². The Bertz CT molecular complexity index is 508. The molecule has 0 radical (unpaired) electrons. The fourth-order valence-electron chi connectivity index (χ4n) is 2.57. The Hall–Kier alpha value is -1.69. The van der Waals surface area contributed by atoms with Gasteiger partial charge in [0.15, 0.2) is 11.6 Å². The number of nitrogens with zero attached hydrogens (tertiary/aromatic N) is 3. The van der Waals surface area contributed by atoms with Gasteiger partial charge < -0.3 is 15.1 Å². The Morgan fingerprint density at radius 1 is 1.52 bits per heavy atom. The summed E-state index contributed by atoms with van der Waals surface area (Å²) in [7, 11) is 2.03. The van der Waals surface area contributed by atoms with Gasteiger partial charge in [0.05, 0.1) is 5.56 Å². The predicted octanol–water partition coefficient (Wildman–Crippen LogP) is 1.82. The molecule has 0 spiro atoms. The molecule has 1 atom stereocenters. The normalized spacial score (nSPS) is 19.6. The quantitative estimate of drug-likeness (QED) is 0.920. The maximum absolute atomic E-state index is 14.4. The molecule has 1 N–H and O–H groups in total. The van der Waals surface area contributed by atoms with E-state index in [9.17, 15) is 9.18 Å². The predicted molar refractivity (Wildman–Crippen MR) is 81.0 cm³/mol. The zero-order chi connectivity index (χ0) is 15.4. The van der Waals surface area contributed by atoms with Crippen LogP contribution >= 0.6 is 0 Å². The topological polar surface area (TPSA) is 48.5 Å². The molecule has 2 heterocycles. The number of carbonyl (C=O) groups is 1. The molecule has 116 valence electrons. The van der Waals surface area contributed by atoms with Gasteiger partial charge in [0.25, 0.3) is 5.91 Å². The summed E-state index contributed by atoms with van der Waals surface area (Å²) in [6.07, 6.45) is 2.35. The zero-order valence-electron chi connectivity index (χ0n) is 12.9. The Morgan fingerprint density at radius 3 is 2.95 bits per heavy atom. The molecular weight excluding hydrogens is 271 g/mol. The highest BCUT2D eigenvalue weighted by molar-refractivity contribution is 5.95. The third-order valence-electron chi connectivity index (χ3n) is 3.75. The maximum Gasteiger partial charge on any atom is 0.257 e. The van der Waals surface area contributed by atoms with Gasteiger partial charge in [-0.05, 0) is 26.5 Å². The first-order chi connectivity index (χ1) is 10.0. The summed E-state index contributed by atoms with van der Waals surface area (Å²) >= 11 is 0. The molecular formula is C15H23FN4O. The second-order valence-electron chi connectivity index (χ2n) is 5.56. The Labute approximate surface area is 125 Å². The van der Waals surface area contributed by atoms with Crippen molar-refractivity contribution in [2.24, 2.45) is 0 Å². The molecule has 1 unspecified atom stereocenters. The zero-order valence-corrected chi connectivity index (χ0v) is 12.9. The van der Waals surface area contributed by atoms with Crippen molar-refractivity contribution in [2.45, 2.75) is 26.3 Å². The largest absolute Gasteiger partial charge is 0.368 e. The number of hydrogen-bond acceptors (Lipinski definition) is 4. The van der Waals surface area contributed by atoms with Crippen LogP contribution in [0.5, 0.6) is 0 Å². The van der Waals surface area contributed by atoms with Gasteiger partial charge in [-0.1, -0.05) is 6.92 Å². The van der Waals surface area contributed by atoms with Gasteiger partial charge in [0.2, 0.25) is 0 Å². The van der Waals surface area contributed by atoms with Crippen molar-refractivity contribution in [3.05, 3.63) is 23.6 Å². The number of aromatic nitrogens is 1. The van der Waals surface area contributed by atoms with Gasteiger partial charge in [-0.2, -0.15) is 0 Å². The van der Waals surface area contributed by atoms with Crippen LogP contribution < -0.4 is 5.32 Å². The standard InChI is InChI=1S/C15H23FN4O/c1-4-6-17-14-13(16)12(5-7-18-14)15(21)20-9-8-19(3)10-11(20)2/h5,7,11H,4,6,8-10H2,1-3H3,(H,17,18). The summed E-state index contributed by atoms with van der Waals surface area (Å²) in [5, 5.41) is 2.91. The second-order valence-corrected chi connectivity index (χ2v) is 5.56. The van der Waals surface area contributed by atoms with E-state index >= 15 is 0 Å². The molecule has 1 aliphatic rings. The Morgan fingerprint density at radius 2 is 2.29 bits per heavy atom. The van der Waals surface area contributed by atoms with Crippen molar-refractivity contribution in [1.82, 2.24) is 14.8 Å². The summed E-state index contributed by atoms with van der Waals surface area (Å²) < 4.78 is 14.4. The van der Waals surface area contributed by atoms with Crippen LogP contribution in [-0.2, 0) is 0 Å². The lowest BCUT2D eigenvalue weighted by atomic mass is 10.1. The molecule has 0 bridgehead atoms. The molecule has 1 amide bonds. The number of amides is 1. The number of nitrogens with one attached hydrogen (secondary N) is 1. The minimum atomic E-state index is -0.554. The van der Waals surface area contributed by atoms with Gasteiger partial charge in [-0.15, -0.1) is 0 Å². The minimum Gasteiger partial charge on any atom is -0.368 e. The number of anilines is 1. The van der Waals surface area contributed by atoms with E-state index in [1.54, 1.807) is 4.90 Å². The first-order valence-electron chi connectivity index (χ1n) is 7.42. The van der Waals surface area contributed by atoms with Crippen molar-refractivity contribution >= 4 is 11.7 Å². The molecule has 1 saturated heterocycles. The van der Waals surface area contributed by atoms with Crippen LogP contribution in [0.1, 0.15) is 30.6 Å². The molecule has 5 nitrogen and oxygen atoms in total. The maximum atomic E-state index is 14.4. The molecule has 1 fully saturated rings. The fraction of sp³-hybridized carbons (Fsp3) is 0.600. The lowest BCUT2D eigenvalue weighted by Crippen LogP contribution is -2.52. The highest BCUT2D eigenvalue weighted by atomic mass is 19.1. The van der Waals surface area contributed by atoms with E-state index in [0.717, 1.165) is 19.5 Å². The molecule has 1 aromatic heterocycles. The summed E-state index contributed by atoms with van der Waals surface area (Å²) in [5.41, 5.74) is 0.0972. The highest BCUT2D eigenvalue weighted by Crippen LogP contribution is 2.19. The molecule has 6 heteroatoms. The van der Waals surface area contributed by atoms with Gasteiger partial charge in [-0.25, -0.2) is 9.37 Å². The molecule has 0 aromatic carbocycles. The van der Waals surface area contributed by atoms with Crippen LogP contribution in [0.3, 0.4) is 0 Å². The van der Waals surface area contributed by atoms with Gasteiger partial charge >= 0.3 is 0 Å². The molecule has 2 rings (SSSR count). The molecule has 0 aliphatic carbocycles. The molecule has 1 aliphatic heterocycles. The first-order valence-corrected chi connectivity index (χ1v) is 7.42. The van der Waals surface area contributed by atoms with Gasteiger partial charge in [0, 0.05) is 38.4 Å². The van der Waals surface area contributed by atoms with Crippen molar-refractivity contribution in [3.63, 3.8) is 0 Å². The van der Waals surface area contributed by atoms with E-state index in [1.807, 2.05) is 20.9 Å². The van der Waals surface area contributed by atoms with E-state index in [2.05, 4.69) is 15.2 Å². The summed E-state index contributed by atoms with van der Waals surface area (Å²) in [6.45, 7) is 6.85. The van der Waals surface area contributed by atoms with E-state index in [1.165, 1.54) is 12.3 Å².